The number of piperidine rings is 1. The maximum Gasteiger partial charge on any atom is 0.106 e. The van der Waals surface area contributed by atoms with Gasteiger partial charge in [0.15, 0.2) is 0 Å². The SMILES string of the molecule is NC(=S)c1cc(Br)ccc1N1CCC(OCCO)CC1. The number of hydrogen-bond acceptors (Lipinski definition) is 4. The number of ether oxygens (including phenoxy) is 1. The van der Waals surface area contributed by atoms with Crippen molar-refractivity contribution in [1.82, 2.24) is 0 Å². The van der Waals surface area contributed by atoms with Crippen LogP contribution < -0.4 is 10.6 Å². The third-order valence-electron chi connectivity index (χ3n) is 3.45. The molecular weight excluding hydrogens is 340 g/mol. The summed E-state index contributed by atoms with van der Waals surface area (Å²) in [4.78, 5) is 2.71. The van der Waals surface area contributed by atoms with Crippen LogP contribution in [0.25, 0.3) is 0 Å². The molecule has 20 heavy (non-hydrogen) atoms. The van der Waals surface area contributed by atoms with Gasteiger partial charge in [-0.1, -0.05) is 28.1 Å². The number of nitrogens with zero attached hydrogens (tertiary/aromatic N) is 1. The lowest BCUT2D eigenvalue weighted by atomic mass is 10.0. The molecule has 110 valence electrons. The van der Waals surface area contributed by atoms with Gasteiger partial charge in [-0.2, -0.15) is 0 Å². The predicted molar refractivity (Wildman–Crippen MR) is 88.3 cm³/mol. The molecule has 0 amide bonds. The van der Waals surface area contributed by atoms with Gasteiger partial charge in [0.25, 0.3) is 0 Å². The summed E-state index contributed by atoms with van der Waals surface area (Å²) >= 11 is 8.59. The zero-order valence-electron chi connectivity index (χ0n) is 11.2. The lowest BCUT2D eigenvalue weighted by Crippen LogP contribution is -2.38. The lowest BCUT2D eigenvalue weighted by molar-refractivity contribution is 0.0159. The van der Waals surface area contributed by atoms with Gasteiger partial charge in [-0.05, 0) is 31.0 Å². The fourth-order valence-corrected chi connectivity index (χ4v) is 2.99. The first-order chi connectivity index (χ1) is 9.61. The zero-order chi connectivity index (χ0) is 14.5. The molecule has 1 heterocycles. The Morgan fingerprint density at radius 3 is 2.75 bits per heavy atom. The Morgan fingerprint density at radius 2 is 2.15 bits per heavy atom. The molecule has 1 fully saturated rings. The first-order valence-corrected chi connectivity index (χ1v) is 7.88. The summed E-state index contributed by atoms with van der Waals surface area (Å²) in [6, 6.07) is 6.02. The second-order valence-electron chi connectivity index (χ2n) is 4.81. The summed E-state index contributed by atoms with van der Waals surface area (Å²) < 4.78 is 6.56. The van der Waals surface area contributed by atoms with E-state index in [1.54, 1.807) is 0 Å². The van der Waals surface area contributed by atoms with E-state index in [4.69, 9.17) is 27.8 Å². The Balaban J connectivity index is 2.05. The number of aliphatic hydroxyl groups excluding tert-OH is 1. The minimum atomic E-state index is 0.0819. The molecular formula is C14H19BrN2O2S. The molecule has 0 radical (unpaired) electrons. The minimum Gasteiger partial charge on any atom is -0.394 e. The van der Waals surface area contributed by atoms with Crippen LogP contribution in [0.2, 0.25) is 0 Å². The van der Waals surface area contributed by atoms with E-state index in [0.29, 0.717) is 11.6 Å². The molecule has 0 saturated carbocycles. The van der Waals surface area contributed by atoms with Crippen molar-refractivity contribution in [2.75, 3.05) is 31.2 Å². The van der Waals surface area contributed by atoms with Crippen LogP contribution in [0, 0.1) is 0 Å². The number of aliphatic hydroxyl groups is 1. The molecule has 4 nitrogen and oxygen atoms in total. The van der Waals surface area contributed by atoms with E-state index in [0.717, 1.165) is 41.7 Å². The van der Waals surface area contributed by atoms with Gasteiger partial charge >= 0.3 is 0 Å². The zero-order valence-corrected chi connectivity index (χ0v) is 13.6. The van der Waals surface area contributed by atoms with Crippen LogP contribution in [0.4, 0.5) is 5.69 Å². The maximum absolute atomic E-state index is 8.78. The maximum atomic E-state index is 8.78. The normalized spacial score (nSPS) is 16.4. The fraction of sp³-hybridized carbons (Fsp3) is 0.500. The van der Waals surface area contributed by atoms with Crippen molar-refractivity contribution in [3.8, 4) is 0 Å². The highest BCUT2D eigenvalue weighted by Crippen LogP contribution is 2.27. The highest BCUT2D eigenvalue weighted by molar-refractivity contribution is 9.10. The Bertz CT molecular complexity index is 476. The van der Waals surface area contributed by atoms with Gasteiger partial charge in [-0.3, -0.25) is 0 Å². The van der Waals surface area contributed by atoms with Crippen LogP contribution in [0.5, 0.6) is 0 Å². The summed E-state index contributed by atoms with van der Waals surface area (Å²) in [6.07, 6.45) is 2.14. The lowest BCUT2D eigenvalue weighted by Gasteiger charge is -2.34. The molecule has 0 aliphatic carbocycles. The average molecular weight is 359 g/mol. The predicted octanol–water partition coefficient (Wildman–Crippen LogP) is 2.06. The van der Waals surface area contributed by atoms with Crippen LogP contribution in [-0.2, 0) is 4.74 Å². The molecule has 0 atom stereocenters. The van der Waals surface area contributed by atoms with Gasteiger partial charge < -0.3 is 20.5 Å². The molecule has 1 aromatic carbocycles. The highest BCUT2D eigenvalue weighted by atomic mass is 79.9. The van der Waals surface area contributed by atoms with Crippen LogP contribution in [0.3, 0.4) is 0 Å². The van der Waals surface area contributed by atoms with Crippen molar-refractivity contribution in [1.29, 1.82) is 0 Å². The van der Waals surface area contributed by atoms with Crippen molar-refractivity contribution in [3.63, 3.8) is 0 Å². The average Bonchev–Trinajstić information content (AvgIpc) is 2.45. The number of hydrogen-bond donors (Lipinski definition) is 2. The smallest absolute Gasteiger partial charge is 0.106 e. The molecule has 0 aromatic heterocycles. The summed E-state index contributed by atoms with van der Waals surface area (Å²) in [5.41, 5.74) is 7.81. The quantitative estimate of drug-likeness (QED) is 0.789. The summed E-state index contributed by atoms with van der Waals surface area (Å²) in [5, 5.41) is 8.78. The molecule has 2 rings (SSSR count). The number of rotatable bonds is 5. The third-order valence-corrected chi connectivity index (χ3v) is 4.16. The monoisotopic (exact) mass is 358 g/mol. The van der Waals surface area contributed by atoms with Gasteiger partial charge in [-0.25, -0.2) is 0 Å². The van der Waals surface area contributed by atoms with Crippen LogP contribution in [0.1, 0.15) is 18.4 Å². The van der Waals surface area contributed by atoms with Gasteiger partial charge in [-0.15, -0.1) is 0 Å². The van der Waals surface area contributed by atoms with E-state index in [9.17, 15) is 0 Å². The molecule has 1 saturated heterocycles. The van der Waals surface area contributed by atoms with Crippen molar-refractivity contribution < 1.29 is 9.84 Å². The highest BCUT2D eigenvalue weighted by Gasteiger charge is 2.22. The Hall–Kier alpha value is -0.690. The molecule has 1 aromatic rings. The molecule has 1 aliphatic rings. The van der Waals surface area contributed by atoms with Crippen LogP contribution >= 0.6 is 28.1 Å². The van der Waals surface area contributed by atoms with E-state index < -0.39 is 0 Å². The Labute approximate surface area is 133 Å². The van der Waals surface area contributed by atoms with E-state index >= 15 is 0 Å². The van der Waals surface area contributed by atoms with Crippen molar-refractivity contribution >= 4 is 38.8 Å². The van der Waals surface area contributed by atoms with Gasteiger partial charge in [0.1, 0.15) is 4.99 Å². The largest absolute Gasteiger partial charge is 0.394 e. The molecule has 0 bridgehead atoms. The summed E-state index contributed by atoms with van der Waals surface area (Å²) in [6.45, 7) is 2.32. The number of thiocarbonyl (C=S) groups is 1. The van der Waals surface area contributed by atoms with E-state index in [1.807, 2.05) is 18.2 Å². The number of anilines is 1. The Morgan fingerprint density at radius 1 is 1.45 bits per heavy atom. The molecule has 1 aliphatic heterocycles. The van der Waals surface area contributed by atoms with Gasteiger partial charge in [0.05, 0.1) is 19.3 Å². The molecule has 3 N–H and O–H groups in total. The summed E-state index contributed by atoms with van der Waals surface area (Å²) in [5.74, 6) is 0. The van der Waals surface area contributed by atoms with Gasteiger partial charge in [0.2, 0.25) is 0 Å². The number of benzene rings is 1. The summed E-state index contributed by atoms with van der Waals surface area (Å²) in [7, 11) is 0. The van der Waals surface area contributed by atoms with E-state index in [1.165, 1.54) is 0 Å². The third kappa shape index (κ3) is 3.91. The van der Waals surface area contributed by atoms with Crippen molar-refractivity contribution in [2.24, 2.45) is 5.73 Å². The first kappa shape index (κ1) is 15.7. The van der Waals surface area contributed by atoms with Crippen LogP contribution in [-0.4, -0.2) is 42.5 Å². The van der Waals surface area contributed by atoms with Crippen LogP contribution in [0.15, 0.2) is 22.7 Å². The first-order valence-electron chi connectivity index (χ1n) is 6.68. The molecule has 0 unspecified atom stereocenters. The number of halogens is 1. The fourth-order valence-electron chi connectivity index (χ4n) is 2.46. The minimum absolute atomic E-state index is 0.0819. The van der Waals surface area contributed by atoms with E-state index in [2.05, 4.69) is 20.8 Å². The second-order valence-corrected chi connectivity index (χ2v) is 6.16. The Kier molecular flexibility index (Phi) is 5.77. The molecule has 6 heteroatoms. The van der Waals surface area contributed by atoms with Crippen molar-refractivity contribution in [2.45, 2.75) is 18.9 Å². The second kappa shape index (κ2) is 7.36. The van der Waals surface area contributed by atoms with E-state index in [-0.39, 0.29) is 12.7 Å². The standard InChI is InChI=1S/C14H19BrN2O2S/c15-10-1-2-13(12(9-10)14(16)20)17-5-3-11(4-6-17)19-8-7-18/h1-2,9,11,18H,3-8H2,(H2,16,20). The number of nitrogens with two attached hydrogens (primary N) is 1. The van der Waals surface area contributed by atoms with Gasteiger partial charge in [0, 0.05) is 28.8 Å². The van der Waals surface area contributed by atoms with Crippen molar-refractivity contribution in [3.05, 3.63) is 28.2 Å². The molecule has 0 spiro atoms. The topological polar surface area (TPSA) is 58.7 Å².